The smallest absolute Gasteiger partial charge is 0.254 e. The van der Waals surface area contributed by atoms with Gasteiger partial charge in [-0.3, -0.25) is 4.79 Å². The molecule has 1 unspecified atom stereocenters. The number of amides is 1. The van der Waals surface area contributed by atoms with Gasteiger partial charge in [0, 0.05) is 37.6 Å². The summed E-state index contributed by atoms with van der Waals surface area (Å²) in [6.07, 6.45) is 3.94. The van der Waals surface area contributed by atoms with Crippen LogP contribution in [-0.4, -0.2) is 71.5 Å². The topological polar surface area (TPSA) is 59.3 Å². The fourth-order valence-electron chi connectivity index (χ4n) is 3.54. The Balaban J connectivity index is 1.40. The van der Waals surface area contributed by atoms with Crippen LogP contribution < -0.4 is 4.74 Å². The van der Waals surface area contributed by atoms with E-state index < -0.39 is 0 Å². The minimum Gasteiger partial charge on any atom is -0.487 e. The van der Waals surface area contributed by atoms with Gasteiger partial charge in [-0.25, -0.2) is 4.98 Å². The maximum atomic E-state index is 13.0. The third-order valence-corrected chi connectivity index (χ3v) is 4.88. The van der Waals surface area contributed by atoms with E-state index in [1.54, 1.807) is 6.07 Å². The number of carbonyl (C=O) groups is 1. The maximum absolute atomic E-state index is 13.0. The second-order valence-electron chi connectivity index (χ2n) is 7.52. The number of hydrogen-bond donors (Lipinski definition) is 0. The predicted octanol–water partition coefficient (Wildman–Crippen LogP) is 2.32. The monoisotopic (exact) mass is 394 g/mol. The standard InChI is InChI=1S/C22H26N4O3/c1-24(2)14-20-15-26(10-11-28-20)22(27)17-6-5-7-19(12-17)29-16-18-13-25-9-4-3-8-21(25)23-18/h3-9,12-13,20H,10-11,14-16H2,1-2H3. The Morgan fingerprint density at radius 1 is 1.28 bits per heavy atom. The Morgan fingerprint density at radius 3 is 3.00 bits per heavy atom. The van der Waals surface area contributed by atoms with Crippen molar-refractivity contribution >= 4 is 11.6 Å². The highest BCUT2D eigenvalue weighted by Crippen LogP contribution is 2.18. The lowest BCUT2D eigenvalue weighted by Crippen LogP contribution is -2.48. The molecule has 3 aromatic rings. The molecule has 29 heavy (non-hydrogen) atoms. The van der Waals surface area contributed by atoms with Crippen molar-refractivity contribution in [2.24, 2.45) is 0 Å². The number of pyridine rings is 1. The van der Waals surface area contributed by atoms with E-state index in [-0.39, 0.29) is 12.0 Å². The molecule has 0 N–H and O–H groups in total. The molecule has 1 amide bonds. The number of ether oxygens (including phenoxy) is 2. The molecule has 0 aliphatic carbocycles. The molecule has 0 saturated carbocycles. The Bertz CT molecular complexity index is 952. The first-order valence-electron chi connectivity index (χ1n) is 9.79. The van der Waals surface area contributed by atoms with Gasteiger partial charge in [0.1, 0.15) is 18.0 Å². The molecule has 7 nitrogen and oxygen atoms in total. The number of likely N-dealkylation sites (N-methyl/N-ethyl adjacent to an activating group) is 1. The number of nitrogens with zero attached hydrogens (tertiary/aromatic N) is 4. The van der Waals surface area contributed by atoms with E-state index >= 15 is 0 Å². The van der Waals surface area contributed by atoms with Gasteiger partial charge in [0.05, 0.1) is 18.4 Å². The molecular formula is C22H26N4O3. The van der Waals surface area contributed by atoms with Gasteiger partial charge >= 0.3 is 0 Å². The normalized spacial score (nSPS) is 17.1. The van der Waals surface area contributed by atoms with Crippen LogP contribution in [0, 0.1) is 0 Å². The van der Waals surface area contributed by atoms with Crippen molar-refractivity contribution in [2.75, 3.05) is 40.3 Å². The fraction of sp³-hybridized carbons (Fsp3) is 0.364. The summed E-state index contributed by atoms with van der Waals surface area (Å²) in [5.41, 5.74) is 2.35. The summed E-state index contributed by atoms with van der Waals surface area (Å²) in [4.78, 5) is 21.4. The van der Waals surface area contributed by atoms with Gasteiger partial charge in [0.25, 0.3) is 5.91 Å². The predicted molar refractivity (Wildman–Crippen MR) is 110 cm³/mol. The lowest BCUT2D eigenvalue weighted by molar-refractivity contribution is -0.0306. The van der Waals surface area contributed by atoms with E-state index in [9.17, 15) is 4.79 Å². The number of fused-ring (bicyclic) bond motifs is 1. The summed E-state index contributed by atoms with van der Waals surface area (Å²) in [5, 5.41) is 0. The van der Waals surface area contributed by atoms with Crippen LogP contribution in [0.1, 0.15) is 16.1 Å². The SMILES string of the molecule is CN(C)CC1CN(C(=O)c2cccc(OCc3cn4ccccc4n3)c2)CCO1. The zero-order valence-electron chi connectivity index (χ0n) is 16.8. The molecule has 0 bridgehead atoms. The summed E-state index contributed by atoms with van der Waals surface area (Å²) >= 11 is 0. The highest BCUT2D eigenvalue weighted by molar-refractivity contribution is 5.94. The Hall–Kier alpha value is -2.90. The van der Waals surface area contributed by atoms with Crippen LogP contribution in [0.3, 0.4) is 0 Å². The molecule has 1 saturated heterocycles. The van der Waals surface area contributed by atoms with Crippen molar-refractivity contribution in [2.45, 2.75) is 12.7 Å². The van der Waals surface area contributed by atoms with Gasteiger partial charge in [-0.15, -0.1) is 0 Å². The Morgan fingerprint density at radius 2 is 2.17 bits per heavy atom. The quantitative estimate of drug-likeness (QED) is 0.642. The van der Waals surface area contributed by atoms with Crippen molar-refractivity contribution in [1.29, 1.82) is 0 Å². The zero-order chi connectivity index (χ0) is 20.2. The molecule has 7 heteroatoms. The van der Waals surface area contributed by atoms with Gasteiger partial charge in [-0.1, -0.05) is 12.1 Å². The van der Waals surface area contributed by atoms with E-state index in [0.29, 0.717) is 37.6 Å². The van der Waals surface area contributed by atoms with E-state index in [1.165, 1.54) is 0 Å². The number of morpholine rings is 1. The van der Waals surface area contributed by atoms with E-state index in [2.05, 4.69) is 9.88 Å². The second kappa shape index (κ2) is 8.63. The summed E-state index contributed by atoms with van der Waals surface area (Å²) in [6.45, 7) is 2.92. The average molecular weight is 394 g/mol. The molecule has 0 spiro atoms. The number of aromatic nitrogens is 2. The number of rotatable bonds is 6. The minimum atomic E-state index is 0.00948. The molecule has 1 atom stereocenters. The molecule has 0 radical (unpaired) electrons. The van der Waals surface area contributed by atoms with Crippen molar-refractivity contribution < 1.29 is 14.3 Å². The lowest BCUT2D eigenvalue weighted by Gasteiger charge is -2.34. The van der Waals surface area contributed by atoms with Crippen LogP contribution >= 0.6 is 0 Å². The first-order chi connectivity index (χ1) is 14.1. The summed E-state index contributed by atoms with van der Waals surface area (Å²) < 4.78 is 13.6. The van der Waals surface area contributed by atoms with Crippen LogP contribution in [0.5, 0.6) is 5.75 Å². The van der Waals surface area contributed by atoms with Crippen LogP contribution in [-0.2, 0) is 11.3 Å². The van der Waals surface area contributed by atoms with E-state index in [4.69, 9.17) is 9.47 Å². The molecule has 152 valence electrons. The van der Waals surface area contributed by atoms with Crippen molar-refractivity contribution in [3.63, 3.8) is 0 Å². The summed E-state index contributed by atoms with van der Waals surface area (Å²) in [7, 11) is 4.02. The summed E-state index contributed by atoms with van der Waals surface area (Å²) in [5.74, 6) is 0.668. The minimum absolute atomic E-state index is 0.00948. The van der Waals surface area contributed by atoms with Gasteiger partial charge in [0.2, 0.25) is 0 Å². The first-order valence-corrected chi connectivity index (χ1v) is 9.79. The lowest BCUT2D eigenvalue weighted by atomic mass is 10.1. The number of carbonyl (C=O) groups excluding carboxylic acids is 1. The fourth-order valence-corrected chi connectivity index (χ4v) is 3.54. The van der Waals surface area contributed by atoms with E-state index in [1.807, 2.05) is 72.2 Å². The number of hydrogen-bond acceptors (Lipinski definition) is 5. The van der Waals surface area contributed by atoms with Gasteiger partial charge < -0.3 is 23.7 Å². The Kier molecular flexibility index (Phi) is 5.78. The first kappa shape index (κ1) is 19.4. The van der Waals surface area contributed by atoms with Crippen molar-refractivity contribution in [3.8, 4) is 5.75 Å². The van der Waals surface area contributed by atoms with Gasteiger partial charge in [-0.2, -0.15) is 0 Å². The molecule has 1 aromatic carbocycles. The van der Waals surface area contributed by atoms with Crippen LogP contribution in [0.25, 0.3) is 5.65 Å². The molecular weight excluding hydrogens is 368 g/mol. The number of imidazole rings is 1. The molecule has 3 heterocycles. The van der Waals surface area contributed by atoms with Gasteiger partial charge in [-0.05, 0) is 44.4 Å². The zero-order valence-corrected chi connectivity index (χ0v) is 16.8. The molecule has 1 aliphatic rings. The van der Waals surface area contributed by atoms with Crippen LogP contribution in [0.15, 0.2) is 54.9 Å². The molecule has 1 fully saturated rings. The number of benzene rings is 1. The second-order valence-corrected chi connectivity index (χ2v) is 7.52. The average Bonchev–Trinajstić information content (AvgIpc) is 3.15. The van der Waals surface area contributed by atoms with Crippen molar-refractivity contribution in [1.82, 2.24) is 19.2 Å². The third-order valence-electron chi connectivity index (χ3n) is 4.88. The van der Waals surface area contributed by atoms with Gasteiger partial charge in [0.15, 0.2) is 0 Å². The molecule has 2 aromatic heterocycles. The summed E-state index contributed by atoms with van der Waals surface area (Å²) in [6, 6.07) is 13.2. The Labute approximate surface area is 170 Å². The van der Waals surface area contributed by atoms with Crippen molar-refractivity contribution in [3.05, 3.63) is 66.1 Å². The molecule has 1 aliphatic heterocycles. The largest absolute Gasteiger partial charge is 0.487 e. The highest BCUT2D eigenvalue weighted by Gasteiger charge is 2.25. The van der Waals surface area contributed by atoms with Crippen LogP contribution in [0.2, 0.25) is 0 Å². The maximum Gasteiger partial charge on any atom is 0.254 e. The van der Waals surface area contributed by atoms with Crippen LogP contribution in [0.4, 0.5) is 0 Å². The third kappa shape index (κ3) is 4.75. The van der Waals surface area contributed by atoms with E-state index in [0.717, 1.165) is 17.9 Å². The highest BCUT2D eigenvalue weighted by atomic mass is 16.5. The molecule has 4 rings (SSSR count).